The van der Waals surface area contributed by atoms with E-state index in [-0.39, 0.29) is 5.91 Å². The second-order valence-corrected chi connectivity index (χ2v) is 7.75. The molecular weight excluding hydrogens is 372 g/mol. The van der Waals surface area contributed by atoms with E-state index >= 15 is 0 Å². The van der Waals surface area contributed by atoms with Crippen molar-refractivity contribution in [2.75, 3.05) is 0 Å². The topological polar surface area (TPSA) is 88.8 Å². The molecule has 2 aliphatic rings. The molecule has 1 N–H and O–H groups in total. The first-order valence-corrected chi connectivity index (χ1v) is 9.77. The summed E-state index contributed by atoms with van der Waals surface area (Å²) in [6.07, 6.45) is 2.99. The highest BCUT2D eigenvalue weighted by atomic mass is 16.5. The van der Waals surface area contributed by atoms with Crippen molar-refractivity contribution < 1.29 is 23.5 Å². The molecule has 1 aromatic heterocycles. The monoisotopic (exact) mass is 392 g/mol. The molecule has 2 fully saturated rings. The van der Waals surface area contributed by atoms with Gasteiger partial charge in [0.1, 0.15) is 28.5 Å². The smallest absolute Gasteiger partial charge is 0.334 e. The Hall–Kier alpha value is -3.35. The van der Waals surface area contributed by atoms with Crippen molar-refractivity contribution in [1.29, 1.82) is 0 Å². The van der Waals surface area contributed by atoms with Crippen LogP contribution in [0.4, 0.5) is 4.79 Å². The Kier molecular flexibility index (Phi) is 3.87. The van der Waals surface area contributed by atoms with Gasteiger partial charge >= 0.3 is 12.0 Å². The number of hydrogen-bond acceptors (Lipinski definition) is 5. The molecule has 1 spiro atoms. The van der Waals surface area contributed by atoms with Crippen molar-refractivity contribution in [2.24, 2.45) is 0 Å². The number of ether oxygens (including phenoxy) is 1. The van der Waals surface area contributed by atoms with Gasteiger partial charge in [0.2, 0.25) is 0 Å². The van der Waals surface area contributed by atoms with Gasteiger partial charge in [-0.2, -0.15) is 0 Å². The number of benzene rings is 2. The Morgan fingerprint density at radius 1 is 1.10 bits per heavy atom. The maximum absolute atomic E-state index is 12.8. The molecule has 7 heteroatoms. The standard InChI is InChI=1S/C22H20N2O5/c1-13(24-20(26)22(23-21(24)27)10-4-5-11-22)19(25)28-14-8-9-18-16(12-14)15-6-2-3-7-17(15)29-18/h2-3,6-9,12-13H,4-5,10-11H2,1H3,(H,23,27). The summed E-state index contributed by atoms with van der Waals surface area (Å²) in [6, 6.07) is 11.2. The van der Waals surface area contributed by atoms with Crippen LogP contribution in [0.5, 0.6) is 5.75 Å². The van der Waals surface area contributed by atoms with Gasteiger partial charge in [-0.3, -0.25) is 4.79 Å². The molecule has 29 heavy (non-hydrogen) atoms. The van der Waals surface area contributed by atoms with E-state index in [0.717, 1.165) is 34.1 Å². The lowest BCUT2D eigenvalue weighted by Crippen LogP contribution is -2.47. The van der Waals surface area contributed by atoms with Crippen LogP contribution in [0, 0.1) is 0 Å². The first-order valence-electron chi connectivity index (χ1n) is 9.77. The van der Waals surface area contributed by atoms with E-state index in [0.29, 0.717) is 24.2 Å². The van der Waals surface area contributed by atoms with Crippen LogP contribution < -0.4 is 10.1 Å². The second-order valence-electron chi connectivity index (χ2n) is 7.75. The number of para-hydroxylation sites is 1. The fraction of sp³-hybridized carbons (Fsp3) is 0.318. The zero-order valence-electron chi connectivity index (χ0n) is 15.9. The number of imide groups is 1. The highest BCUT2D eigenvalue weighted by molar-refractivity contribution is 6.10. The molecule has 0 radical (unpaired) electrons. The first kappa shape index (κ1) is 17.7. The van der Waals surface area contributed by atoms with Gasteiger partial charge in [0.05, 0.1) is 0 Å². The summed E-state index contributed by atoms with van der Waals surface area (Å²) in [5.41, 5.74) is 0.595. The van der Waals surface area contributed by atoms with Gasteiger partial charge in [-0.15, -0.1) is 0 Å². The average Bonchev–Trinajstić information content (AvgIpc) is 3.38. The van der Waals surface area contributed by atoms with E-state index in [1.807, 2.05) is 24.3 Å². The SMILES string of the molecule is CC(C(=O)Oc1ccc2oc3ccccc3c2c1)N1C(=O)NC2(CCCC2)C1=O. The lowest BCUT2D eigenvalue weighted by molar-refractivity contribution is -0.145. The predicted molar refractivity (Wildman–Crippen MR) is 105 cm³/mol. The summed E-state index contributed by atoms with van der Waals surface area (Å²) in [4.78, 5) is 39.0. The van der Waals surface area contributed by atoms with Crippen LogP contribution in [-0.2, 0) is 9.59 Å². The van der Waals surface area contributed by atoms with Crippen molar-refractivity contribution in [1.82, 2.24) is 10.2 Å². The highest BCUT2D eigenvalue weighted by Crippen LogP contribution is 2.36. The molecule has 1 saturated carbocycles. The fourth-order valence-corrected chi connectivity index (χ4v) is 4.39. The molecule has 3 amide bonds. The summed E-state index contributed by atoms with van der Waals surface area (Å²) >= 11 is 0. The predicted octanol–water partition coefficient (Wildman–Crippen LogP) is 3.74. The number of nitrogens with one attached hydrogen (secondary N) is 1. The van der Waals surface area contributed by atoms with Crippen LogP contribution in [0.1, 0.15) is 32.6 Å². The van der Waals surface area contributed by atoms with Crippen LogP contribution >= 0.6 is 0 Å². The zero-order chi connectivity index (χ0) is 20.2. The molecule has 1 saturated heterocycles. The molecular formula is C22H20N2O5. The molecule has 5 rings (SSSR count). The largest absolute Gasteiger partial charge is 0.456 e. The van der Waals surface area contributed by atoms with Crippen molar-refractivity contribution in [3.05, 3.63) is 42.5 Å². The number of amides is 3. The number of nitrogens with zero attached hydrogens (tertiary/aromatic N) is 1. The van der Waals surface area contributed by atoms with Gasteiger partial charge in [0.25, 0.3) is 5.91 Å². The lowest BCUT2D eigenvalue weighted by Gasteiger charge is -2.23. The van der Waals surface area contributed by atoms with Crippen molar-refractivity contribution in [3.8, 4) is 5.75 Å². The third-order valence-corrected chi connectivity index (χ3v) is 5.95. The van der Waals surface area contributed by atoms with E-state index in [1.54, 1.807) is 18.2 Å². The summed E-state index contributed by atoms with van der Waals surface area (Å²) < 4.78 is 11.3. The van der Waals surface area contributed by atoms with Crippen molar-refractivity contribution in [2.45, 2.75) is 44.2 Å². The van der Waals surface area contributed by atoms with Crippen LogP contribution in [0.3, 0.4) is 0 Å². The van der Waals surface area contributed by atoms with Gasteiger partial charge in [0, 0.05) is 10.8 Å². The average molecular weight is 392 g/mol. The van der Waals surface area contributed by atoms with Gasteiger partial charge in [-0.25, -0.2) is 14.5 Å². The van der Waals surface area contributed by atoms with Crippen molar-refractivity contribution >= 4 is 39.8 Å². The minimum absolute atomic E-state index is 0.333. The van der Waals surface area contributed by atoms with Crippen LogP contribution in [0.15, 0.2) is 46.9 Å². The number of carbonyl (C=O) groups excluding carboxylic acids is 3. The number of rotatable bonds is 3. The number of hydrogen-bond donors (Lipinski definition) is 1. The van der Waals surface area contributed by atoms with E-state index in [4.69, 9.17) is 9.15 Å². The summed E-state index contributed by atoms with van der Waals surface area (Å²) in [5.74, 6) is -0.653. The van der Waals surface area contributed by atoms with E-state index in [2.05, 4.69) is 5.32 Å². The molecule has 1 atom stereocenters. The number of urea groups is 1. The normalized spacial score (nSPS) is 19.3. The van der Waals surface area contributed by atoms with Crippen molar-refractivity contribution in [3.63, 3.8) is 0 Å². The quantitative estimate of drug-likeness (QED) is 0.417. The molecule has 7 nitrogen and oxygen atoms in total. The third kappa shape index (κ3) is 2.68. The minimum atomic E-state index is -1.01. The van der Waals surface area contributed by atoms with E-state index in [9.17, 15) is 14.4 Å². The summed E-state index contributed by atoms with van der Waals surface area (Å²) in [7, 11) is 0. The number of esters is 1. The Morgan fingerprint density at radius 3 is 2.62 bits per heavy atom. The summed E-state index contributed by atoms with van der Waals surface area (Å²) in [6.45, 7) is 1.51. The second kappa shape index (κ2) is 6.34. The molecule has 2 aromatic carbocycles. The minimum Gasteiger partial charge on any atom is -0.456 e. The number of carbonyl (C=O) groups is 3. The molecule has 1 aliphatic carbocycles. The van der Waals surface area contributed by atoms with Crippen LogP contribution in [0.25, 0.3) is 21.9 Å². The van der Waals surface area contributed by atoms with E-state index < -0.39 is 23.6 Å². The first-order chi connectivity index (χ1) is 14.0. The summed E-state index contributed by atoms with van der Waals surface area (Å²) in [5, 5.41) is 4.54. The fourth-order valence-electron chi connectivity index (χ4n) is 4.39. The van der Waals surface area contributed by atoms with Gasteiger partial charge < -0.3 is 14.5 Å². The highest BCUT2D eigenvalue weighted by Gasteiger charge is 2.54. The van der Waals surface area contributed by atoms with Gasteiger partial charge in [-0.1, -0.05) is 31.0 Å². The number of furan rings is 1. The molecule has 148 valence electrons. The molecule has 2 heterocycles. The Labute approximate surface area is 166 Å². The molecule has 1 aliphatic heterocycles. The molecule has 3 aromatic rings. The van der Waals surface area contributed by atoms with Crippen LogP contribution in [-0.4, -0.2) is 34.4 Å². The Balaban J connectivity index is 1.39. The van der Waals surface area contributed by atoms with Gasteiger partial charge in [0.15, 0.2) is 0 Å². The molecule has 1 unspecified atom stereocenters. The molecule has 0 bridgehead atoms. The Bertz CT molecular complexity index is 1160. The Morgan fingerprint density at radius 2 is 1.83 bits per heavy atom. The van der Waals surface area contributed by atoms with Gasteiger partial charge in [-0.05, 0) is 44.0 Å². The lowest BCUT2D eigenvalue weighted by atomic mass is 9.98. The zero-order valence-corrected chi connectivity index (χ0v) is 15.9. The van der Waals surface area contributed by atoms with Crippen LogP contribution in [0.2, 0.25) is 0 Å². The number of fused-ring (bicyclic) bond motifs is 3. The maximum Gasteiger partial charge on any atom is 0.334 e. The van der Waals surface area contributed by atoms with E-state index in [1.165, 1.54) is 6.92 Å². The maximum atomic E-state index is 12.8. The third-order valence-electron chi connectivity index (χ3n) is 5.95.